The number of carbonyl (C=O) groups is 2. The van der Waals surface area contributed by atoms with Gasteiger partial charge in [-0.2, -0.15) is 10.1 Å². The first-order valence-corrected chi connectivity index (χ1v) is 12.8. The van der Waals surface area contributed by atoms with Gasteiger partial charge in [0, 0.05) is 11.1 Å². The number of carbonyl (C=O) groups excluding carboxylic acids is 2. The van der Waals surface area contributed by atoms with Crippen LogP contribution in [0.25, 0.3) is 0 Å². The third kappa shape index (κ3) is 5.94. The third-order valence-corrected chi connectivity index (χ3v) is 8.07. The third-order valence-electron chi connectivity index (χ3n) is 8.07. The Morgan fingerprint density at radius 3 is 1.71 bits per heavy atom. The molecule has 2 N–H and O–H groups in total. The fourth-order valence-corrected chi connectivity index (χ4v) is 5.79. The largest absolute Gasteiger partial charge is 0.465 e. The van der Waals surface area contributed by atoms with Crippen molar-refractivity contribution in [3.8, 4) is 0 Å². The highest BCUT2D eigenvalue weighted by atomic mass is 16.6. The van der Waals surface area contributed by atoms with Crippen LogP contribution in [0.15, 0.2) is 0 Å². The summed E-state index contributed by atoms with van der Waals surface area (Å²) in [5.41, 5.74) is -2.25. The van der Waals surface area contributed by atoms with Crippen LogP contribution >= 0.6 is 0 Å². The van der Waals surface area contributed by atoms with E-state index in [1.165, 1.54) is 10.1 Å². The molecular formula is C26H48N2O6. The highest BCUT2D eigenvalue weighted by Gasteiger charge is 2.56. The van der Waals surface area contributed by atoms with Crippen molar-refractivity contribution in [3.63, 3.8) is 0 Å². The maximum absolute atomic E-state index is 12.9. The van der Waals surface area contributed by atoms with E-state index in [1.54, 1.807) is 0 Å². The van der Waals surface area contributed by atoms with Crippen LogP contribution in [0.5, 0.6) is 0 Å². The highest BCUT2D eigenvalue weighted by molar-refractivity contribution is 5.75. The molecule has 2 rings (SSSR count). The van der Waals surface area contributed by atoms with Gasteiger partial charge in [0.05, 0.1) is 29.5 Å². The zero-order valence-corrected chi connectivity index (χ0v) is 22.8. The van der Waals surface area contributed by atoms with E-state index in [2.05, 4.69) is 0 Å². The van der Waals surface area contributed by atoms with Crippen molar-refractivity contribution >= 4 is 11.9 Å². The Balaban J connectivity index is 1.72. The molecule has 8 nitrogen and oxygen atoms in total. The number of ether oxygens (including phenoxy) is 2. The number of hydrogen-bond acceptors (Lipinski definition) is 8. The van der Waals surface area contributed by atoms with Gasteiger partial charge in [-0.25, -0.2) is 0 Å². The standard InChI is InChI=1S/C26H48N2O6/c1-10-18(34-22(30)20-17-24(4,5)28(32)26(20,8)9)14-12-11-13-15-33-21(29)19-16-23(2,3)27(31)25(19,6)7/h18-20,31-32H,10-17H2,1-9H3. The van der Waals surface area contributed by atoms with Crippen molar-refractivity contribution in [1.82, 2.24) is 10.1 Å². The van der Waals surface area contributed by atoms with Crippen molar-refractivity contribution in [2.45, 2.75) is 136 Å². The van der Waals surface area contributed by atoms with Gasteiger partial charge in [-0.15, -0.1) is 0 Å². The van der Waals surface area contributed by atoms with Crippen LogP contribution in [-0.2, 0) is 19.1 Å². The molecule has 0 spiro atoms. The van der Waals surface area contributed by atoms with E-state index >= 15 is 0 Å². The Morgan fingerprint density at radius 2 is 1.29 bits per heavy atom. The summed E-state index contributed by atoms with van der Waals surface area (Å²) in [6.07, 6.45) is 4.96. The van der Waals surface area contributed by atoms with E-state index in [-0.39, 0.29) is 29.9 Å². The van der Waals surface area contributed by atoms with Crippen LogP contribution in [0.4, 0.5) is 0 Å². The predicted octanol–water partition coefficient (Wildman–Crippen LogP) is 4.95. The second kappa shape index (κ2) is 10.4. The molecule has 8 heteroatoms. The summed E-state index contributed by atoms with van der Waals surface area (Å²) in [7, 11) is 0. The van der Waals surface area contributed by atoms with Crippen molar-refractivity contribution in [2.75, 3.05) is 6.61 Å². The van der Waals surface area contributed by atoms with Crippen LogP contribution < -0.4 is 0 Å². The van der Waals surface area contributed by atoms with Gasteiger partial charge in [0.2, 0.25) is 0 Å². The summed E-state index contributed by atoms with van der Waals surface area (Å²) in [6, 6.07) is 0. The summed E-state index contributed by atoms with van der Waals surface area (Å²) in [5, 5.41) is 23.4. The quantitative estimate of drug-likeness (QED) is 0.332. The summed E-state index contributed by atoms with van der Waals surface area (Å²) < 4.78 is 11.4. The normalized spacial score (nSPS) is 28.6. The van der Waals surface area contributed by atoms with Gasteiger partial charge in [-0.05, 0) is 100 Å². The molecule has 0 saturated carbocycles. The first kappa shape index (κ1) is 29.0. The second-order valence-electron chi connectivity index (χ2n) is 12.6. The molecule has 3 unspecified atom stereocenters. The molecule has 198 valence electrons. The molecule has 2 saturated heterocycles. The molecule has 0 aromatic heterocycles. The maximum atomic E-state index is 12.9. The Bertz CT molecular complexity index is 733. The molecule has 34 heavy (non-hydrogen) atoms. The fraction of sp³-hybridized carbons (Fsp3) is 0.923. The number of nitrogens with zero attached hydrogens (tertiary/aromatic N) is 2. The minimum Gasteiger partial charge on any atom is -0.465 e. The van der Waals surface area contributed by atoms with Gasteiger partial charge in [0.1, 0.15) is 6.10 Å². The average Bonchev–Trinajstić information content (AvgIpc) is 3.02. The lowest BCUT2D eigenvalue weighted by Crippen LogP contribution is -2.48. The van der Waals surface area contributed by atoms with E-state index in [9.17, 15) is 20.0 Å². The zero-order chi connectivity index (χ0) is 26.1. The van der Waals surface area contributed by atoms with E-state index in [1.807, 2.05) is 62.3 Å². The van der Waals surface area contributed by atoms with E-state index < -0.39 is 22.2 Å². The summed E-state index contributed by atoms with van der Waals surface area (Å²) in [6.45, 7) is 17.6. The van der Waals surface area contributed by atoms with Crippen LogP contribution in [0.2, 0.25) is 0 Å². The molecule has 3 atom stereocenters. The van der Waals surface area contributed by atoms with Gasteiger partial charge >= 0.3 is 11.9 Å². The minimum atomic E-state index is -0.668. The Kier molecular flexibility index (Phi) is 8.88. The molecule has 0 radical (unpaired) electrons. The number of hydrogen-bond donors (Lipinski definition) is 2. The zero-order valence-electron chi connectivity index (χ0n) is 22.8. The first-order chi connectivity index (χ1) is 15.5. The fourth-order valence-electron chi connectivity index (χ4n) is 5.79. The van der Waals surface area contributed by atoms with Gasteiger partial charge in [0.15, 0.2) is 0 Å². The molecule has 2 aliphatic rings. The molecule has 0 aromatic rings. The van der Waals surface area contributed by atoms with Crippen LogP contribution in [-0.4, -0.2) is 67.3 Å². The second-order valence-corrected chi connectivity index (χ2v) is 12.6. The van der Waals surface area contributed by atoms with E-state index in [0.717, 1.165) is 32.1 Å². The molecule has 2 fully saturated rings. The average molecular weight is 485 g/mol. The Labute approximate surface area is 205 Å². The van der Waals surface area contributed by atoms with E-state index in [4.69, 9.17) is 9.47 Å². The smallest absolute Gasteiger partial charge is 0.311 e. The molecule has 0 bridgehead atoms. The highest BCUT2D eigenvalue weighted by Crippen LogP contribution is 2.45. The first-order valence-electron chi connectivity index (χ1n) is 12.8. The van der Waals surface area contributed by atoms with Crippen LogP contribution in [0.3, 0.4) is 0 Å². The monoisotopic (exact) mass is 484 g/mol. The summed E-state index contributed by atoms with van der Waals surface area (Å²) in [5.74, 6) is -1.23. The van der Waals surface area contributed by atoms with Crippen molar-refractivity contribution in [2.24, 2.45) is 11.8 Å². The van der Waals surface area contributed by atoms with Crippen molar-refractivity contribution < 1.29 is 29.5 Å². The SMILES string of the molecule is CCC(CCCCCOC(=O)C1CC(C)(C)N(O)C1(C)C)OC(=O)C1CC(C)(C)N(O)C1(C)C. The molecule has 0 aromatic carbocycles. The molecule has 2 heterocycles. The molecular weight excluding hydrogens is 436 g/mol. The molecule has 2 aliphatic heterocycles. The minimum absolute atomic E-state index is 0.154. The number of unbranched alkanes of at least 4 members (excludes halogenated alkanes) is 2. The van der Waals surface area contributed by atoms with Crippen molar-refractivity contribution in [1.29, 1.82) is 0 Å². The lowest BCUT2D eigenvalue weighted by Gasteiger charge is -2.35. The Morgan fingerprint density at radius 1 is 0.824 bits per heavy atom. The van der Waals surface area contributed by atoms with Gasteiger partial charge in [0.25, 0.3) is 0 Å². The van der Waals surface area contributed by atoms with Crippen LogP contribution in [0.1, 0.15) is 107 Å². The van der Waals surface area contributed by atoms with Crippen molar-refractivity contribution in [3.05, 3.63) is 0 Å². The Hall–Kier alpha value is -1.22. The van der Waals surface area contributed by atoms with Crippen LogP contribution in [0, 0.1) is 11.8 Å². The van der Waals surface area contributed by atoms with Gasteiger partial charge < -0.3 is 19.9 Å². The number of esters is 2. The lowest BCUT2D eigenvalue weighted by atomic mass is 9.87. The maximum Gasteiger partial charge on any atom is 0.311 e. The number of rotatable bonds is 10. The van der Waals surface area contributed by atoms with E-state index in [0.29, 0.717) is 19.4 Å². The number of hydroxylamine groups is 4. The molecule has 0 amide bonds. The lowest BCUT2D eigenvalue weighted by molar-refractivity contribution is -0.201. The molecule has 0 aliphatic carbocycles. The van der Waals surface area contributed by atoms with Gasteiger partial charge in [-0.1, -0.05) is 6.92 Å². The topological polar surface area (TPSA) is 99.5 Å². The summed E-state index contributed by atoms with van der Waals surface area (Å²) in [4.78, 5) is 25.5. The summed E-state index contributed by atoms with van der Waals surface area (Å²) >= 11 is 0. The van der Waals surface area contributed by atoms with Gasteiger partial charge in [-0.3, -0.25) is 9.59 Å². The predicted molar refractivity (Wildman–Crippen MR) is 129 cm³/mol.